The van der Waals surface area contributed by atoms with Gasteiger partial charge in [0, 0.05) is 13.6 Å². The predicted octanol–water partition coefficient (Wildman–Crippen LogP) is 1.78. The highest BCUT2D eigenvalue weighted by Crippen LogP contribution is 2.02. The summed E-state index contributed by atoms with van der Waals surface area (Å²) in [6.45, 7) is 2.79. The van der Waals surface area contributed by atoms with E-state index in [0.29, 0.717) is 13.2 Å². The lowest BCUT2D eigenvalue weighted by Gasteiger charge is -2.19. The maximum atomic E-state index is 11.3. The fourth-order valence-electron chi connectivity index (χ4n) is 1.14. The third kappa shape index (κ3) is 3.59. The molecule has 1 aromatic rings. The summed E-state index contributed by atoms with van der Waals surface area (Å²) in [6, 6.07) is 9.51. The Morgan fingerprint density at radius 2 is 2.07 bits per heavy atom. The summed E-state index contributed by atoms with van der Waals surface area (Å²) < 4.78 is 0. The quantitative estimate of drug-likeness (QED) is 0.766. The molecule has 0 spiro atoms. The second-order valence-electron chi connectivity index (χ2n) is 3.01. The zero-order chi connectivity index (χ0) is 11.1. The first kappa shape index (κ1) is 11.5. The van der Waals surface area contributed by atoms with Gasteiger partial charge in [0.1, 0.15) is 6.61 Å². The van der Waals surface area contributed by atoms with Gasteiger partial charge in [-0.05, 0) is 12.5 Å². The maximum absolute atomic E-state index is 11.3. The predicted molar refractivity (Wildman–Crippen MR) is 58.1 cm³/mol. The third-order valence-corrected chi connectivity index (χ3v) is 1.96. The molecule has 4 nitrogen and oxygen atoms in total. The van der Waals surface area contributed by atoms with E-state index in [0.717, 1.165) is 5.56 Å². The summed E-state index contributed by atoms with van der Waals surface area (Å²) in [5, 5.41) is 3.81. The number of hydrogen-bond acceptors (Lipinski definition) is 2. The molecule has 1 aromatic carbocycles. The largest absolute Gasteiger partial charge is 0.341 e. The van der Waals surface area contributed by atoms with Gasteiger partial charge >= 0.3 is 6.03 Å². The highest BCUT2D eigenvalue weighted by molar-refractivity contribution is 5.72. The number of carbonyl (C=O) groups is 1. The van der Waals surface area contributed by atoms with E-state index in [-0.39, 0.29) is 6.03 Å². The molecule has 0 aliphatic heterocycles. The standard InChI is InChI=1S/C11H16N2O2/c1-3-13(11(14)12-2)15-9-10-7-5-4-6-8-10/h4-8H,3,9H2,1-2H3,(H,12,14). The summed E-state index contributed by atoms with van der Waals surface area (Å²) in [5.74, 6) is 0. The third-order valence-electron chi connectivity index (χ3n) is 1.96. The van der Waals surface area contributed by atoms with Gasteiger partial charge in [0.25, 0.3) is 0 Å². The van der Waals surface area contributed by atoms with Crippen LogP contribution in [0.15, 0.2) is 30.3 Å². The summed E-state index contributed by atoms with van der Waals surface area (Å²) in [4.78, 5) is 16.6. The second kappa shape index (κ2) is 6.03. The van der Waals surface area contributed by atoms with E-state index in [9.17, 15) is 4.79 Å². The lowest BCUT2D eigenvalue weighted by atomic mass is 10.2. The van der Waals surface area contributed by atoms with Gasteiger partial charge in [-0.3, -0.25) is 4.84 Å². The van der Waals surface area contributed by atoms with Crippen molar-refractivity contribution >= 4 is 6.03 Å². The number of carbonyl (C=O) groups excluding carboxylic acids is 1. The number of rotatable bonds is 4. The fourth-order valence-corrected chi connectivity index (χ4v) is 1.14. The first-order valence-electron chi connectivity index (χ1n) is 4.94. The Kier molecular flexibility index (Phi) is 4.63. The Labute approximate surface area is 89.8 Å². The average Bonchev–Trinajstić information content (AvgIpc) is 2.31. The molecule has 0 aromatic heterocycles. The molecule has 4 heteroatoms. The van der Waals surface area contributed by atoms with Crippen molar-refractivity contribution in [3.05, 3.63) is 35.9 Å². The van der Waals surface area contributed by atoms with E-state index in [1.54, 1.807) is 7.05 Å². The normalized spacial score (nSPS) is 9.73. The molecule has 1 rings (SSSR count). The van der Waals surface area contributed by atoms with Crippen molar-refractivity contribution < 1.29 is 9.63 Å². The molecular weight excluding hydrogens is 192 g/mol. The van der Waals surface area contributed by atoms with Gasteiger partial charge in [-0.25, -0.2) is 9.86 Å². The minimum atomic E-state index is -0.228. The lowest BCUT2D eigenvalue weighted by Crippen LogP contribution is -2.37. The molecule has 0 aliphatic carbocycles. The van der Waals surface area contributed by atoms with Crippen LogP contribution in [0.5, 0.6) is 0 Å². The van der Waals surface area contributed by atoms with Crippen LogP contribution in [0.3, 0.4) is 0 Å². The molecule has 0 saturated heterocycles. The Bertz CT molecular complexity index is 301. The van der Waals surface area contributed by atoms with E-state index >= 15 is 0 Å². The highest BCUT2D eigenvalue weighted by atomic mass is 16.7. The van der Waals surface area contributed by atoms with E-state index in [2.05, 4.69) is 5.32 Å². The van der Waals surface area contributed by atoms with Crippen LogP contribution in [-0.4, -0.2) is 24.7 Å². The number of hydroxylamine groups is 2. The van der Waals surface area contributed by atoms with Crippen LogP contribution in [0.1, 0.15) is 12.5 Å². The Morgan fingerprint density at radius 3 is 2.60 bits per heavy atom. The van der Waals surface area contributed by atoms with E-state index in [4.69, 9.17) is 4.84 Å². The smallest absolute Gasteiger partial charge is 0.339 e. The molecule has 15 heavy (non-hydrogen) atoms. The molecule has 1 N–H and O–H groups in total. The van der Waals surface area contributed by atoms with Crippen LogP contribution in [-0.2, 0) is 11.4 Å². The molecule has 0 heterocycles. The topological polar surface area (TPSA) is 41.6 Å². The van der Waals surface area contributed by atoms with Gasteiger partial charge in [-0.2, -0.15) is 0 Å². The highest BCUT2D eigenvalue weighted by Gasteiger charge is 2.09. The fraction of sp³-hybridized carbons (Fsp3) is 0.364. The number of urea groups is 1. The first-order valence-corrected chi connectivity index (χ1v) is 4.94. The minimum absolute atomic E-state index is 0.228. The van der Waals surface area contributed by atoms with E-state index in [1.807, 2.05) is 37.3 Å². The molecule has 0 unspecified atom stereocenters. The Balaban J connectivity index is 2.44. The molecule has 82 valence electrons. The minimum Gasteiger partial charge on any atom is -0.339 e. The Hall–Kier alpha value is -1.55. The van der Waals surface area contributed by atoms with Crippen molar-refractivity contribution in [1.29, 1.82) is 0 Å². The van der Waals surface area contributed by atoms with Crippen LogP contribution in [0.25, 0.3) is 0 Å². The van der Waals surface area contributed by atoms with Crippen molar-refractivity contribution in [3.63, 3.8) is 0 Å². The van der Waals surface area contributed by atoms with Crippen molar-refractivity contribution in [3.8, 4) is 0 Å². The van der Waals surface area contributed by atoms with Crippen molar-refractivity contribution in [1.82, 2.24) is 10.4 Å². The van der Waals surface area contributed by atoms with Crippen molar-refractivity contribution in [2.24, 2.45) is 0 Å². The van der Waals surface area contributed by atoms with E-state index < -0.39 is 0 Å². The SMILES string of the molecule is CCN(OCc1ccccc1)C(=O)NC. The first-order chi connectivity index (χ1) is 7.27. The molecule has 0 aliphatic rings. The summed E-state index contributed by atoms with van der Waals surface area (Å²) in [5.41, 5.74) is 1.04. The van der Waals surface area contributed by atoms with E-state index in [1.165, 1.54) is 5.06 Å². The number of hydrogen-bond donors (Lipinski definition) is 1. The van der Waals surface area contributed by atoms with Gasteiger partial charge in [0.2, 0.25) is 0 Å². The van der Waals surface area contributed by atoms with Crippen LogP contribution in [0.2, 0.25) is 0 Å². The molecule has 2 amide bonds. The molecule has 0 radical (unpaired) electrons. The molecule has 0 atom stereocenters. The summed E-state index contributed by atoms with van der Waals surface area (Å²) in [7, 11) is 1.58. The maximum Gasteiger partial charge on any atom is 0.341 e. The lowest BCUT2D eigenvalue weighted by molar-refractivity contribution is -0.124. The van der Waals surface area contributed by atoms with Crippen LogP contribution < -0.4 is 5.32 Å². The van der Waals surface area contributed by atoms with Crippen LogP contribution in [0, 0.1) is 0 Å². The molecule has 0 bridgehead atoms. The number of nitrogens with zero attached hydrogens (tertiary/aromatic N) is 1. The monoisotopic (exact) mass is 208 g/mol. The van der Waals surface area contributed by atoms with Gasteiger partial charge in [0.15, 0.2) is 0 Å². The number of nitrogens with one attached hydrogen (secondary N) is 1. The van der Waals surface area contributed by atoms with Crippen molar-refractivity contribution in [2.75, 3.05) is 13.6 Å². The molecular formula is C11H16N2O2. The number of amides is 2. The molecule has 0 saturated carbocycles. The molecule has 0 fully saturated rings. The Morgan fingerprint density at radius 1 is 1.40 bits per heavy atom. The van der Waals surface area contributed by atoms with Crippen LogP contribution in [0.4, 0.5) is 4.79 Å². The van der Waals surface area contributed by atoms with Gasteiger partial charge in [-0.1, -0.05) is 30.3 Å². The average molecular weight is 208 g/mol. The van der Waals surface area contributed by atoms with Gasteiger partial charge in [0.05, 0.1) is 0 Å². The zero-order valence-corrected chi connectivity index (χ0v) is 9.06. The summed E-state index contributed by atoms with van der Waals surface area (Å²) >= 11 is 0. The van der Waals surface area contributed by atoms with Crippen LogP contribution >= 0.6 is 0 Å². The van der Waals surface area contributed by atoms with Crippen molar-refractivity contribution in [2.45, 2.75) is 13.5 Å². The number of benzene rings is 1. The summed E-state index contributed by atoms with van der Waals surface area (Å²) in [6.07, 6.45) is 0. The second-order valence-corrected chi connectivity index (χ2v) is 3.01. The van der Waals surface area contributed by atoms with Gasteiger partial charge < -0.3 is 5.32 Å². The zero-order valence-electron chi connectivity index (χ0n) is 9.06. The van der Waals surface area contributed by atoms with Gasteiger partial charge in [-0.15, -0.1) is 0 Å².